The highest BCUT2D eigenvalue weighted by Gasteiger charge is 2.18. The zero-order valence-electron chi connectivity index (χ0n) is 10.8. The number of hydrogen-bond acceptors (Lipinski definition) is 2. The predicted octanol–water partition coefficient (Wildman–Crippen LogP) is 3.60. The van der Waals surface area contributed by atoms with Crippen LogP contribution in [0.1, 0.15) is 12.0 Å². The maximum Gasteiger partial charge on any atom is 0.0487 e. The third-order valence-corrected chi connectivity index (χ3v) is 3.45. The molecule has 0 spiro atoms. The minimum Gasteiger partial charge on any atom is -0.396 e. The highest BCUT2D eigenvalue weighted by Crippen LogP contribution is 2.34. The monoisotopic (exact) mass is 251 g/mol. The highest BCUT2D eigenvalue weighted by molar-refractivity contribution is 5.79. The van der Waals surface area contributed by atoms with Gasteiger partial charge >= 0.3 is 0 Å². The fourth-order valence-corrected chi connectivity index (χ4v) is 2.54. The average molecular weight is 251 g/mol. The Morgan fingerprint density at radius 2 is 1.68 bits per heavy atom. The summed E-state index contributed by atoms with van der Waals surface area (Å²) in [6.45, 7) is 1.05. The molecule has 1 N–H and O–H groups in total. The molecular weight excluding hydrogens is 234 g/mol. The topological polar surface area (TPSA) is 23.5 Å². The van der Waals surface area contributed by atoms with Gasteiger partial charge in [-0.2, -0.15) is 0 Å². The molecule has 1 aliphatic rings. The first-order valence-electron chi connectivity index (χ1n) is 6.60. The largest absolute Gasteiger partial charge is 0.396 e. The maximum absolute atomic E-state index is 9.16. The predicted molar refractivity (Wildman–Crippen MR) is 79.6 cm³/mol. The standard InChI is InChI=1S/C17H17NO/c19-11-10-14-12-15-6-4-5-9-17(15)18(13-14)16-7-2-1-3-8-16/h1-9,12,19H,10-11,13H2. The second-order valence-electron chi connectivity index (χ2n) is 4.76. The van der Waals surface area contributed by atoms with Gasteiger partial charge in [0.2, 0.25) is 0 Å². The lowest BCUT2D eigenvalue weighted by molar-refractivity contribution is 0.299. The summed E-state index contributed by atoms with van der Waals surface area (Å²) in [6, 6.07) is 18.8. The highest BCUT2D eigenvalue weighted by atomic mass is 16.2. The Morgan fingerprint density at radius 1 is 0.947 bits per heavy atom. The number of hydrogen-bond donors (Lipinski definition) is 1. The van der Waals surface area contributed by atoms with E-state index in [-0.39, 0.29) is 6.61 Å². The molecule has 0 saturated carbocycles. The lowest BCUT2D eigenvalue weighted by Gasteiger charge is -2.31. The number of benzene rings is 2. The number of aliphatic hydroxyl groups excluding tert-OH is 1. The fourth-order valence-electron chi connectivity index (χ4n) is 2.54. The van der Waals surface area contributed by atoms with Crippen LogP contribution in [0, 0.1) is 0 Å². The van der Waals surface area contributed by atoms with E-state index in [1.54, 1.807) is 0 Å². The van der Waals surface area contributed by atoms with Crippen molar-refractivity contribution in [2.24, 2.45) is 0 Å². The molecule has 0 radical (unpaired) electrons. The number of rotatable bonds is 3. The van der Waals surface area contributed by atoms with E-state index in [2.05, 4.69) is 59.5 Å². The summed E-state index contributed by atoms with van der Waals surface area (Å²) in [6.07, 6.45) is 2.93. The third kappa shape index (κ3) is 2.40. The molecule has 0 atom stereocenters. The third-order valence-electron chi connectivity index (χ3n) is 3.45. The number of anilines is 2. The minimum absolute atomic E-state index is 0.205. The van der Waals surface area contributed by atoms with Crippen molar-refractivity contribution in [3.05, 3.63) is 65.7 Å². The molecular formula is C17H17NO. The van der Waals surface area contributed by atoms with Gasteiger partial charge in [0.25, 0.3) is 0 Å². The molecule has 1 aliphatic heterocycles. The van der Waals surface area contributed by atoms with Crippen LogP contribution >= 0.6 is 0 Å². The molecule has 0 aliphatic carbocycles. The van der Waals surface area contributed by atoms with E-state index in [0.717, 1.165) is 13.0 Å². The van der Waals surface area contributed by atoms with Gasteiger partial charge in [-0.15, -0.1) is 0 Å². The quantitative estimate of drug-likeness (QED) is 0.901. The fraction of sp³-hybridized carbons (Fsp3) is 0.176. The Kier molecular flexibility index (Phi) is 3.34. The first-order valence-corrected chi connectivity index (χ1v) is 6.60. The maximum atomic E-state index is 9.16. The second-order valence-corrected chi connectivity index (χ2v) is 4.76. The number of para-hydroxylation sites is 2. The first kappa shape index (κ1) is 12.0. The zero-order valence-corrected chi connectivity index (χ0v) is 10.8. The summed E-state index contributed by atoms with van der Waals surface area (Å²) in [7, 11) is 0. The van der Waals surface area contributed by atoms with Gasteiger partial charge in [0, 0.05) is 24.5 Å². The Bertz CT molecular complexity index is 589. The molecule has 0 amide bonds. The van der Waals surface area contributed by atoms with Crippen LogP contribution < -0.4 is 4.90 Å². The summed E-state index contributed by atoms with van der Waals surface area (Å²) in [4.78, 5) is 2.31. The first-order chi connectivity index (χ1) is 9.38. The molecule has 0 bridgehead atoms. The summed E-state index contributed by atoms with van der Waals surface area (Å²) < 4.78 is 0. The number of nitrogens with zero attached hydrogens (tertiary/aromatic N) is 1. The molecule has 96 valence electrons. The van der Waals surface area contributed by atoms with Crippen LogP contribution in [0.25, 0.3) is 6.08 Å². The van der Waals surface area contributed by atoms with Crippen LogP contribution in [0.3, 0.4) is 0 Å². The van der Waals surface area contributed by atoms with Gasteiger partial charge < -0.3 is 10.0 Å². The van der Waals surface area contributed by atoms with E-state index in [1.807, 2.05) is 6.07 Å². The summed E-state index contributed by atoms with van der Waals surface area (Å²) >= 11 is 0. The number of aliphatic hydroxyl groups is 1. The van der Waals surface area contributed by atoms with E-state index >= 15 is 0 Å². The molecule has 0 unspecified atom stereocenters. The van der Waals surface area contributed by atoms with E-state index in [1.165, 1.54) is 22.5 Å². The van der Waals surface area contributed by atoms with Crippen molar-refractivity contribution >= 4 is 17.5 Å². The van der Waals surface area contributed by atoms with Gasteiger partial charge in [-0.3, -0.25) is 0 Å². The molecule has 1 heterocycles. The van der Waals surface area contributed by atoms with Crippen molar-refractivity contribution < 1.29 is 5.11 Å². The van der Waals surface area contributed by atoms with Crippen LogP contribution in [0.15, 0.2) is 60.2 Å². The summed E-state index contributed by atoms with van der Waals surface area (Å²) in [5.74, 6) is 0. The molecule has 2 aromatic rings. The van der Waals surface area contributed by atoms with Gasteiger partial charge in [-0.1, -0.05) is 42.5 Å². The van der Waals surface area contributed by atoms with Crippen molar-refractivity contribution in [3.63, 3.8) is 0 Å². The van der Waals surface area contributed by atoms with E-state index in [0.29, 0.717) is 0 Å². The Hall–Kier alpha value is -2.06. The van der Waals surface area contributed by atoms with E-state index in [4.69, 9.17) is 5.11 Å². The molecule has 2 aromatic carbocycles. The summed E-state index contributed by atoms with van der Waals surface area (Å²) in [5.41, 5.74) is 4.92. The molecule has 2 heteroatoms. The Labute approximate surface area is 113 Å². The molecule has 0 aromatic heterocycles. The smallest absolute Gasteiger partial charge is 0.0487 e. The molecule has 0 saturated heterocycles. The number of fused-ring (bicyclic) bond motifs is 1. The van der Waals surface area contributed by atoms with Crippen molar-refractivity contribution in [1.29, 1.82) is 0 Å². The van der Waals surface area contributed by atoms with Gasteiger partial charge in [-0.25, -0.2) is 0 Å². The van der Waals surface area contributed by atoms with Crippen LogP contribution in [0.4, 0.5) is 11.4 Å². The van der Waals surface area contributed by atoms with Crippen molar-refractivity contribution in [2.45, 2.75) is 6.42 Å². The van der Waals surface area contributed by atoms with Gasteiger partial charge in [0.15, 0.2) is 0 Å². The van der Waals surface area contributed by atoms with Crippen molar-refractivity contribution in [2.75, 3.05) is 18.1 Å². The van der Waals surface area contributed by atoms with Crippen LogP contribution in [0.2, 0.25) is 0 Å². The second kappa shape index (κ2) is 5.29. The molecule has 19 heavy (non-hydrogen) atoms. The van der Waals surface area contributed by atoms with E-state index < -0.39 is 0 Å². The van der Waals surface area contributed by atoms with Crippen molar-refractivity contribution in [1.82, 2.24) is 0 Å². The molecule has 3 rings (SSSR count). The van der Waals surface area contributed by atoms with Gasteiger partial charge in [0.1, 0.15) is 0 Å². The zero-order chi connectivity index (χ0) is 13.1. The molecule has 2 nitrogen and oxygen atoms in total. The minimum atomic E-state index is 0.205. The van der Waals surface area contributed by atoms with Crippen LogP contribution in [-0.4, -0.2) is 18.3 Å². The SMILES string of the molecule is OCCC1=Cc2ccccc2N(c2ccccc2)C1. The van der Waals surface area contributed by atoms with Crippen molar-refractivity contribution in [3.8, 4) is 0 Å². The lowest BCUT2D eigenvalue weighted by atomic mass is 10.00. The normalized spacial score (nSPS) is 13.9. The summed E-state index contributed by atoms with van der Waals surface area (Å²) in [5, 5.41) is 9.16. The van der Waals surface area contributed by atoms with E-state index in [9.17, 15) is 0 Å². The average Bonchev–Trinajstić information content (AvgIpc) is 2.48. The van der Waals surface area contributed by atoms with Gasteiger partial charge in [0.05, 0.1) is 0 Å². The van der Waals surface area contributed by atoms with Crippen LogP contribution in [-0.2, 0) is 0 Å². The lowest BCUT2D eigenvalue weighted by Crippen LogP contribution is -2.24. The van der Waals surface area contributed by atoms with Crippen LogP contribution in [0.5, 0.6) is 0 Å². The van der Waals surface area contributed by atoms with Gasteiger partial charge in [-0.05, 0) is 35.8 Å². The molecule has 0 fully saturated rings. The Balaban J connectivity index is 2.04. The Morgan fingerprint density at radius 3 is 2.47 bits per heavy atom.